The first-order valence-corrected chi connectivity index (χ1v) is 14.6. The molecule has 0 fully saturated rings. The van der Waals surface area contributed by atoms with Crippen LogP contribution in [0.3, 0.4) is 0 Å². The molecule has 1 aliphatic heterocycles. The maximum absolute atomic E-state index is 13.9. The van der Waals surface area contributed by atoms with Crippen LogP contribution in [-0.2, 0) is 9.53 Å². The maximum Gasteiger partial charge on any atom is 0.338 e. The van der Waals surface area contributed by atoms with E-state index in [9.17, 15) is 19.7 Å². The topological polar surface area (TPSA) is 126 Å². The number of carbonyl (C=O) groups is 1. The van der Waals surface area contributed by atoms with Crippen molar-refractivity contribution in [1.82, 2.24) is 4.57 Å². The Balaban J connectivity index is 1.65. The number of furan rings is 1. The van der Waals surface area contributed by atoms with Gasteiger partial charge in [0.05, 0.1) is 39.0 Å². The fourth-order valence-corrected chi connectivity index (χ4v) is 6.27. The molecule has 0 aliphatic carbocycles. The van der Waals surface area contributed by atoms with E-state index in [1.807, 2.05) is 0 Å². The number of methoxy groups -OCH3 is 1. The van der Waals surface area contributed by atoms with Crippen molar-refractivity contribution in [2.45, 2.75) is 32.9 Å². The normalized spacial score (nSPS) is 15.0. The van der Waals surface area contributed by atoms with Crippen molar-refractivity contribution in [1.29, 1.82) is 0 Å². The molecule has 2 aromatic heterocycles. The summed E-state index contributed by atoms with van der Waals surface area (Å²) >= 11 is 10.9. The SMILES string of the molecule is COc1ccc(Br)cc1[C@@H]1C(C(=O)OC(C)C)=C(C)N=c2s/c(=C\c3ccc(-c4ccc([N+](=O)[O-])cc4Cl)o3)c(=O)n21. The van der Waals surface area contributed by atoms with Gasteiger partial charge in [0.15, 0.2) is 4.80 Å². The van der Waals surface area contributed by atoms with E-state index in [0.29, 0.717) is 43.4 Å². The number of non-ortho nitro benzene ring substituents is 1. The Labute approximate surface area is 256 Å². The Kier molecular flexibility index (Phi) is 8.22. The number of carbonyl (C=O) groups excluding carboxylic acids is 1. The number of thiazole rings is 1. The number of nitrogens with zero attached hydrogens (tertiary/aromatic N) is 3. The predicted molar refractivity (Wildman–Crippen MR) is 161 cm³/mol. The summed E-state index contributed by atoms with van der Waals surface area (Å²) in [5.41, 5.74) is 1.17. The van der Waals surface area contributed by atoms with Crippen LogP contribution in [0.1, 0.15) is 38.1 Å². The van der Waals surface area contributed by atoms with E-state index in [0.717, 1.165) is 15.8 Å². The van der Waals surface area contributed by atoms with Crippen molar-refractivity contribution >= 4 is 56.6 Å². The highest BCUT2D eigenvalue weighted by atomic mass is 79.9. The van der Waals surface area contributed by atoms with Gasteiger partial charge in [-0.2, -0.15) is 0 Å². The number of benzene rings is 2. The van der Waals surface area contributed by atoms with Gasteiger partial charge in [0.1, 0.15) is 23.3 Å². The molecule has 0 unspecified atom stereocenters. The van der Waals surface area contributed by atoms with Gasteiger partial charge in [-0.15, -0.1) is 0 Å². The second kappa shape index (κ2) is 11.7. The average Bonchev–Trinajstić information content (AvgIpc) is 3.51. The largest absolute Gasteiger partial charge is 0.496 e. The molecule has 4 aromatic rings. The van der Waals surface area contributed by atoms with E-state index < -0.39 is 16.9 Å². The van der Waals surface area contributed by atoms with Crippen LogP contribution in [0.15, 0.2) is 78.5 Å². The average molecular weight is 673 g/mol. The summed E-state index contributed by atoms with van der Waals surface area (Å²) in [5.74, 6) is 0.637. The van der Waals surface area contributed by atoms with E-state index in [4.69, 9.17) is 25.5 Å². The molecule has 2 aromatic carbocycles. The Morgan fingerprint density at radius 3 is 2.67 bits per heavy atom. The van der Waals surface area contributed by atoms with Crippen LogP contribution in [0, 0.1) is 10.1 Å². The van der Waals surface area contributed by atoms with E-state index in [-0.39, 0.29) is 27.9 Å². The second-order valence-electron chi connectivity index (χ2n) is 9.55. The standard InChI is InChI=1S/C29H23BrClN3O7S/c1-14(2)40-28(36)25-15(3)32-29-33(26(25)20-11-16(30)5-9-22(20)39-4)27(35)24(42-29)13-18-7-10-23(41-18)19-8-6-17(34(37)38)12-21(19)31/h5-14,26H,1-4H3/b24-13-/t26-/m1/s1. The number of rotatable bonds is 7. The minimum atomic E-state index is -0.867. The summed E-state index contributed by atoms with van der Waals surface area (Å²) in [7, 11) is 1.52. The lowest BCUT2D eigenvalue weighted by Crippen LogP contribution is -2.40. The maximum atomic E-state index is 13.9. The Morgan fingerprint density at radius 1 is 1.24 bits per heavy atom. The number of fused-ring (bicyclic) bond motifs is 1. The molecule has 0 saturated carbocycles. The molecular weight excluding hydrogens is 650 g/mol. The molecule has 0 saturated heterocycles. The zero-order chi connectivity index (χ0) is 30.3. The lowest BCUT2D eigenvalue weighted by Gasteiger charge is -2.26. The number of hydrogen-bond acceptors (Lipinski definition) is 9. The Morgan fingerprint density at radius 2 is 2.00 bits per heavy atom. The molecule has 3 heterocycles. The van der Waals surface area contributed by atoms with Gasteiger partial charge in [-0.25, -0.2) is 9.79 Å². The van der Waals surface area contributed by atoms with Gasteiger partial charge in [-0.3, -0.25) is 19.5 Å². The van der Waals surface area contributed by atoms with Gasteiger partial charge in [-0.05, 0) is 57.2 Å². The Hall–Kier alpha value is -4.00. The van der Waals surface area contributed by atoms with Crippen molar-refractivity contribution in [3.63, 3.8) is 0 Å². The molecule has 1 atom stereocenters. The van der Waals surface area contributed by atoms with Crippen LogP contribution in [0.4, 0.5) is 5.69 Å². The van der Waals surface area contributed by atoms with E-state index in [1.54, 1.807) is 57.2 Å². The lowest BCUT2D eigenvalue weighted by molar-refractivity contribution is -0.384. The first kappa shape index (κ1) is 29.5. The highest BCUT2D eigenvalue weighted by Crippen LogP contribution is 2.37. The van der Waals surface area contributed by atoms with Crippen molar-refractivity contribution < 1.29 is 23.6 Å². The monoisotopic (exact) mass is 671 g/mol. The lowest BCUT2D eigenvalue weighted by atomic mass is 9.95. The summed E-state index contributed by atoms with van der Waals surface area (Å²) in [5, 5.41) is 11.2. The fourth-order valence-electron chi connectivity index (χ4n) is 4.60. The van der Waals surface area contributed by atoms with E-state index in [2.05, 4.69) is 20.9 Å². The molecule has 216 valence electrons. The number of nitro groups is 1. The van der Waals surface area contributed by atoms with Gasteiger partial charge in [0.25, 0.3) is 11.2 Å². The molecule has 10 nitrogen and oxygen atoms in total. The van der Waals surface area contributed by atoms with Crippen LogP contribution in [0.5, 0.6) is 5.75 Å². The molecule has 42 heavy (non-hydrogen) atoms. The first-order valence-electron chi connectivity index (χ1n) is 12.6. The quantitative estimate of drug-likeness (QED) is 0.138. The third-order valence-corrected chi connectivity index (χ3v) is 8.19. The third-order valence-electron chi connectivity index (χ3n) is 6.40. The number of esters is 1. The molecule has 0 spiro atoms. The van der Waals surface area contributed by atoms with Gasteiger partial charge in [0.2, 0.25) is 0 Å². The minimum absolute atomic E-state index is 0.139. The van der Waals surface area contributed by atoms with Crippen LogP contribution in [-0.4, -0.2) is 28.7 Å². The van der Waals surface area contributed by atoms with Gasteiger partial charge >= 0.3 is 5.97 Å². The van der Waals surface area contributed by atoms with Crippen molar-refractivity contribution in [3.8, 4) is 17.1 Å². The summed E-state index contributed by atoms with van der Waals surface area (Å²) in [4.78, 5) is 42.8. The van der Waals surface area contributed by atoms with Crippen molar-refractivity contribution in [3.05, 3.63) is 110 Å². The van der Waals surface area contributed by atoms with E-state index in [1.165, 1.54) is 29.9 Å². The third kappa shape index (κ3) is 5.57. The minimum Gasteiger partial charge on any atom is -0.496 e. The zero-order valence-corrected chi connectivity index (χ0v) is 25.9. The highest BCUT2D eigenvalue weighted by molar-refractivity contribution is 9.10. The zero-order valence-electron chi connectivity index (χ0n) is 22.7. The molecule has 1 aliphatic rings. The molecule has 5 rings (SSSR count). The summed E-state index contributed by atoms with van der Waals surface area (Å²) in [6.07, 6.45) is 1.19. The fraction of sp³-hybridized carbons (Fsp3) is 0.207. The van der Waals surface area contributed by atoms with Crippen LogP contribution in [0.2, 0.25) is 5.02 Å². The van der Waals surface area contributed by atoms with Gasteiger partial charge in [0, 0.05) is 33.8 Å². The number of allylic oxidation sites excluding steroid dienone is 1. The molecule has 0 bridgehead atoms. The predicted octanol–water partition coefficient (Wildman–Crippen LogP) is 5.78. The molecule has 0 amide bonds. The Bertz CT molecular complexity index is 1960. The van der Waals surface area contributed by atoms with E-state index >= 15 is 0 Å². The smallest absolute Gasteiger partial charge is 0.338 e. The van der Waals surface area contributed by atoms with Gasteiger partial charge < -0.3 is 13.9 Å². The molecular formula is C29H23BrClN3O7S. The van der Waals surface area contributed by atoms with Gasteiger partial charge in [-0.1, -0.05) is 38.9 Å². The highest BCUT2D eigenvalue weighted by Gasteiger charge is 2.35. The van der Waals surface area contributed by atoms with Crippen molar-refractivity contribution in [2.75, 3.05) is 7.11 Å². The van der Waals surface area contributed by atoms with Crippen LogP contribution >= 0.6 is 38.9 Å². The molecule has 0 N–H and O–H groups in total. The van der Waals surface area contributed by atoms with Crippen LogP contribution < -0.4 is 19.6 Å². The molecule has 0 radical (unpaired) electrons. The number of aromatic nitrogens is 1. The van der Waals surface area contributed by atoms with Crippen LogP contribution in [0.25, 0.3) is 17.4 Å². The summed E-state index contributed by atoms with van der Waals surface area (Å²) in [6, 6.07) is 11.9. The second-order valence-corrected chi connectivity index (χ2v) is 11.9. The summed E-state index contributed by atoms with van der Waals surface area (Å²) in [6.45, 7) is 5.20. The van der Waals surface area contributed by atoms with Crippen molar-refractivity contribution in [2.24, 2.45) is 4.99 Å². The molecule has 13 heteroatoms. The summed E-state index contributed by atoms with van der Waals surface area (Å²) < 4.78 is 19.6. The number of halogens is 2. The number of ether oxygens (including phenoxy) is 2. The number of nitro benzene ring substituents is 1. The number of hydrogen-bond donors (Lipinski definition) is 0. The first-order chi connectivity index (χ1) is 20.0.